The minimum atomic E-state index is -0.438. The van der Waals surface area contributed by atoms with Gasteiger partial charge >= 0.3 is 0 Å². The van der Waals surface area contributed by atoms with Crippen LogP contribution in [0.3, 0.4) is 0 Å². The average Bonchev–Trinajstić information content (AvgIpc) is 2.83. The molecule has 0 fully saturated rings. The molecule has 1 aromatic carbocycles. The predicted molar refractivity (Wildman–Crippen MR) is 73.1 cm³/mol. The third-order valence-corrected chi connectivity index (χ3v) is 3.24. The monoisotopic (exact) mass is 275 g/mol. The van der Waals surface area contributed by atoms with Crippen LogP contribution in [0.15, 0.2) is 24.3 Å². The van der Waals surface area contributed by atoms with Crippen molar-refractivity contribution < 1.29 is 13.9 Å². The number of rotatable bonds is 3. The number of benzene rings is 1. The van der Waals surface area contributed by atoms with Crippen LogP contribution in [0.25, 0.3) is 0 Å². The standard InChI is InChI=1S/C14H14FN3O2/c1-20-13-9(15)3-2-4-11(13)18-12-7-8-10(17-12)5-6-16-14(8)19/h2-4,7,17-18H,5-6H2,1H3,(H,16,19). The summed E-state index contributed by atoms with van der Waals surface area (Å²) in [6, 6.07) is 6.35. The Morgan fingerprint density at radius 2 is 2.25 bits per heavy atom. The summed E-state index contributed by atoms with van der Waals surface area (Å²) in [6.45, 7) is 0.620. The van der Waals surface area contributed by atoms with Gasteiger partial charge in [-0.05, 0) is 18.2 Å². The molecule has 6 heteroatoms. The van der Waals surface area contributed by atoms with Crippen LogP contribution < -0.4 is 15.4 Å². The number of carbonyl (C=O) groups excluding carboxylic acids is 1. The number of nitrogens with one attached hydrogen (secondary N) is 3. The fraction of sp³-hybridized carbons (Fsp3) is 0.214. The van der Waals surface area contributed by atoms with Crippen LogP contribution in [0.1, 0.15) is 16.1 Å². The fourth-order valence-corrected chi connectivity index (χ4v) is 2.32. The molecule has 20 heavy (non-hydrogen) atoms. The van der Waals surface area contributed by atoms with Gasteiger partial charge in [0.1, 0.15) is 5.82 Å². The van der Waals surface area contributed by atoms with Crippen molar-refractivity contribution in [3.63, 3.8) is 0 Å². The third kappa shape index (κ3) is 2.09. The van der Waals surface area contributed by atoms with Crippen molar-refractivity contribution in [1.29, 1.82) is 0 Å². The highest BCUT2D eigenvalue weighted by Crippen LogP contribution is 2.30. The van der Waals surface area contributed by atoms with E-state index in [-0.39, 0.29) is 11.7 Å². The van der Waals surface area contributed by atoms with Crippen molar-refractivity contribution in [1.82, 2.24) is 10.3 Å². The summed E-state index contributed by atoms with van der Waals surface area (Å²) in [5.41, 5.74) is 2.01. The number of para-hydroxylation sites is 1. The summed E-state index contributed by atoms with van der Waals surface area (Å²) in [5.74, 6) is 0.244. The second-order valence-electron chi connectivity index (χ2n) is 4.53. The van der Waals surface area contributed by atoms with Crippen molar-refractivity contribution >= 4 is 17.4 Å². The van der Waals surface area contributed by atoms with Gasteiger partial charge in [-0.15, -0.1) is 0 Å². The molecule has 5 nitrogen and oxygen atoms in total. The van der Waals surface area contributed by atoms with Crippen LogP contribution >= 0.6 is 0 Å². The van der Waals surface area contributed by atoms with Gasteiger partial charge in [0.15, 0.2) is 11.6 Å². The summed E-state index contributed by atoms with van der Waals surface area (Å²) < 4.78 is 18.6. The predicted octanol–water partition coefficient (Wildman–Crippen LogP) is 2.19. The van der Waals surface area contributed by atoms with Crippen LogP contribution in [-0.2, 0) is 6.42 Å². The summed E-state index contributed by atoms with van der Waals surface area (Å²) in [7, 11) is 1.41. The molecule has 0 spiro atoms. The molecule has 0 bridgehead atoms. The van der Waals surface area contributed by atoms with E-state index in [9.17, 15) is 9.18 Å². The van der Waals surface area contributed by atoms with Gasteiger partial charge in [0.05, 0.1) is 18.4 Å². The van der Waals surface area contributed by atoms with Gasteiger partial charge in [0.2, 0.25) is 0 Å². The van der Waals surface area contributed by atoms with E-state index in [1.54, 1.807) is 18.2 Å². The number of aromatic nitrogens is 1. The van der Waals surface area contributed by atoms with Gasteiger partial charge in [0, 0.05) is 18.7 Å². The summed E-state index contributed by atoms with van der Waals surface area (Å²) in [6.07, 6.45) is 0.753. The van der Waals surface area contributed by atoms with Crippen molar-refractivity contribution in [3.8, 4) is 5.75 Å². The highest BCUT2D eigenvalue weighted by molar-refractivity contribution is 5.97. The van der Waals surface area contributed by atoms with E-state index in [0.717, 1.165) is 12.1 Å². The maximum atomic E-state index is 13.6. The Morgan fingerprint density at radius 1 is 1.40 bits per heavy atom. The number of fused-ring (bicyclic) bond motifs is 1. The molecule has 0 atom stereocenters. The summed E-state index contributed by atoms with van der Waals surface area (Å²) in [4.78, 5) is 14.8. The second-order valence-corrected chi connectivity index (χ2v) is 4.53. The van der Waals surface area contributed by atoms with Gasteiger partial charge in [-0.2, -0.15) is 0 Å². The highest BCUT2D eigenvalue weighted by Gasteiger charge is 2.20. The number of aromatic amines is 1. The first-order valence-electron chi connectivity index (χ1n) is 6.28. The van der Waals surface area contributed by atoms with Gasteiger partial charge in [-0.1, -0.05) is 6.07 Å². The van der Waals surface area contributed by atoms with Crippen LogP contribution in [0.5, 0.6) is 5.75 Å². The zero-order valence-electron chi connectivity index (χ0n) is 10.9. The molecule has 1 amide bonds. The van der Waals surface area contributed by atoms with Crippen LogP contribution in [0.2, 0.25) is 0 Å². The smallest absolute Gasteiger partial charge is 0.253 e. The number of H-pyrrole nitrogens is 1. The normalized spacial score (nSPS) is 13.6. The SMILES string of the molecule is COc1c(F)cccc1Nc1cc2c([nH]1)CCNC2=O. The van der Waals surface area contributed by atoms with Gasteiger partial charge < -0.3 is 20.4 Å². The number of carbonyl (C=O) groups is 1. The Morgan fingerprint density at radius 3 is 3.00 bits per heavy atom. The van der Waals surface area contributed by atoms with Crippen LogP contribution in [0.4, 0.5) is 15.9 Å². The fourth-order valence-electron chi connectivity index (χ4n) is 2.32. The number of methoxy groups -OCH3 is 1. The highest BCUT2D eigenvalue weighted by atomic mass is 19.1. The van der Waals surface area contributed by atoms with Crippen LogP contribution in [0, 0.1) is 5.82 Å². The second kappa shape index (κ2) is 4.88. The zero-order chi connectivity index (χ0) is 14.1. The van der Waals surface area contributed by atoms with Gasteiger partial charge in [-0.25, -0.2) is 4.39 Å². The molecule has 3 N–H and O–H groups in total. The first kappa shape index (κ1) is 12.5. The molecule has 1 aliphatic heterocycles. The van der Waals surface area contributed by atoms with E-state index >= 15 is 0 Å². The Bertz CT molecular complexity index is 666. The maximum Gasteiger partial charge on any atom is 0.253 e. The number of hydrogen-bond donors (Lipinski definition) is 3. The van der Waals surface area contributed by atoms with E-state index in [0.29, 0.717) is 23.6 Å². The first-order valence-corrected chi connectivity index (χ1v) is 6.28. The Labute approximate surface area is 115 Å². The molecule has 2 aromatic rings. The summed E-state index contributed by atoms with van der Waals surface area (Å²) in [5, 5.41) is 5.82. The Hall–Kier alpha value is -2.50. The molecule has 2 heterocycles. The number of anilines is 2. The van der Waals surface area contributed by atoms with Crippen molar-refractivity contribution in [2.75, 3.05) is 19.0 Å². The van der Waals surface area contributed by atoms with Crippen molar-refractivity contribution in [2.45, 2.75) is 6.42 Å². The largest absolute Gasteiger partial charge is 0.492 e. The Kier molecular flexibility index (Phi) is 3.06. The van der Waals surface area contributed by atoms with E-state index in [1.807, 2.05) is 0 Å². The molecule has 0 radical (unpaired) electrons. The number of amides is 1. The molecule has 0 saturated heterocycles. The molecule has 1 aliphatic rings. The lowest BCUT2D eigenvalue weighted by Crippen LogP contribution is -2.31. The number of hydrogen-bond acceptors (Lipinski definition) is 3. The maximum absolute atomic E-state index is 13.6. The molecule has 1 aromatic heterocycles. The van der Waals surface area contributed by atoms with Crippen molar-refractivity contribution in [3.05, 3.63) is 41.3 Å². The number of halogens is 1. The van der Waals surface area contributed by atoms with E-state index in [1.165, 1.54) is 13.2 Å². The minimum Gasteiger partial charge on any atom is -0.492 e. The molecule has 104 valence electrons. The lowest BCUT2D eigenvalue weighted by atomic mass is 10.1. The minimum absolute atomic E-state index is 0.0956. The first-order chi connectivity index (χ1) is 9.69. The quantitative estimate of drug-likeness (QED) is 0.804. The average molecular weight is 275 g/mol. The number of ether oxygens (including phenoxy) is 1. The molecular weight excluding hydrogens is 261 g/mol. The van der Waals surface area contributed by atoms with E-state index in [2.05, 4.69) is 15.6 Å². The molecule has 0 unspecified atom stereocenters. The third-order valence-electron chi connectivity index (χ3n) is 3.24. The topological polar surface area (TPSA) is 66.2 Å². The van der Waals surface area contributed by atoms with E-state index in [4.69, 9.17) is 4.74 Å². The Balaban J connectivity index is 1.92. The summed E-state index contributed by atoms with van der Waals surface area (Å²) >= 11 is 0. The molecule has 0 saturated carbocycles. The van der Waals surface area contributed by atoms with E-state index < -0.39 is 5.82 Å². The van der Waals surface area contributed by atoms with Gasteiger partial charge in [-0.3, -0.25) is 4.79 Å². The molecular formula is C14H14FN3O2. The lowest BCUT2D eigenvalue weighted by molar-refractivity contribution is 0.0946. The molecule has 3 rings (SSSR count). The van der Waals surface area contributed by atoms with Crippen molar-refractivity contribution in [2.24, 2.45) is 0 Å². The lowest BCUT2D eigenvalue weighted by Gasteiger charge is -2.11. The zero-order valence-corrected chi connectivity index (χ0v) is 10.9. The molecule has 0 aliphatic carbocycles. The van der Waals surface area contributed by atoms with Gasteiger partial charge in [0.25, 0.3) is 5.91 Å². The van der Waals surface area contributed by atoms with Crippen LogP contribution in [-0.4, -0.2) is 24.5 Å².